The van der Waals surface area contributed by atoms with Gasteiger partial charge in [0.25, 0.3) is 0 Å². The molecule has 2 aromatic carbocycles. The first-order chi connectivity index (χ1) is 12.1. The Hall–Kier alpha value is -2.53. The second kappa shape index (κ2) is 6.41. The number of fused-ring (bicyclic) bond motifs is 2. The molecule has 1 atom stereocenters. The van der Waals surface area contributed by atoms with Gasteiger partial charge >= 0.3 is 5.76 Å². The summed E-state index contributed by atoms with van der Waals surface area (Å²) in [7, 11) is 0. The first kappa shape index (κ1) is 16.0. The number of aryl methyl sites for hydroxylation is 1. The summed E-state index contributed by atoms with van der Waals surface area (Å²) in [6.45, 7) is -0.0772. The van der Waals surface area contributed by atoms with Gasteiger partial charge in [-0.15, -0.1) is 0 Å². The van der Waals surface area contributed by atoms with Crippen LogP contribution >= 0.6 is 11.6 Å². The van der Waals surface area contributed by atoms with Gasteiger partial charge < -0.3 is 9.73 Å². The van der Waals surface area contributed by atoms with Crippen LogP contribution in [0.4, 0.5) is 0 Å². The lowest BCUT2D eigenvalue weighted by Gasteiger charge is -2.26. The number of hydrogen-bond donors (Lipinski definition) is 1. The van der Waals surface area contributed by atoms with E-state index < -0.39 is 5.76 Å². The Morgan fingerprint density at radius 3 is 3.00 bits per heavy atom. The van der Waals surface area contributed by atoms with E-state index in [2.05, 4.69) is 17.4 Å². The number of carbonyl (C=O) groups is 1. The summed E-state index contributed by atoms with van der Waals surface area (Å²) in [4.78, 5) is 24.6. The van der Waals surface area contributed by atoms with Crippen LogP contribution in [0.25, 0.3) is 11.1 Å². The van der Waals surface area contributed by atoms with Gasteiger partial charge in [-0.2, -0.15) is 0 Å². The van der Waals surface area contributed by atoms with Crippen LogP contribution in [0.5, 0.6) is 0 Å². The van der Waals surface area contributed by atoms with E-state index in [4.69, 9.17) is 16.0 Å². The standard InChI is InChI=1S/C19H17ClN2O3/c20-13-8-9-16-17(10-13)25-19(24)22(16)11-18(23)21-15-7-3-5-12-4-1-2-6-14(12)15/h1-2,4,6,8-10,15H,3,5,7,11H2,(H,21,23)/t15-/m1/s1. The molecule has 1 aliphatic carbocycles. The van der Waals surface area contributed by atoms with Crippen LogP contribution in [0.1, 0.15) is 30.0 Å². The Labute approximate surface area is 149 Å². The minimum absolute atomic E-state index is 0.0132. The third-order valence-corrected chi connectivity index (χ3v) is 4.87. The Kier molecular flexibility index (Phi) is 4.09. The fourth-order valence-electron chi connectivity index (χ4n) is 3.48. The number of nitrogens with one attached hydrogen (secondary N) is 1. The maximum Gasteiger partial charge on any atom is 0.420 e. The molecule has 0 saturated carbocycles. The van der Waals surface area contributed by atoms with Crippen molar-refractivity contribution in [1.29, 1.82) is 0 Å². The molecule has 1 amide bonds. The molecule has 1 heterocycles. The zero-order chi connectivity index (χ0) is 17.4. The summed E-state index contributed by atoms with van der Waals surface area (Å²) < 4.78 is 6.50. The molecule has 1 aliphatic rings. The Morgan fingerprint density at radius 2 is 2.12 bits per heavy atom. The van der Waals surface area contributed by atoms with E-state index >= 15 is 0 Å². The second-order valence-electron chi connectivity index (χ2n) is 6.28. The monoisotopic (exact) mass is 356 g/mol. The molecule has 0 fully saturated rings. The number of benzene rings is 2. The molecule has 6 heteroatoms. The fraction of sp³-hybridized carbons (Fsp3) is 0.263. The highest BCUT2D eigenvalue weighted by Gasteiger charge is 2.22. The van der Waals surface area contributed by atoms with Crippen LogP contribution in [0.2, 0.25) is 5.02 Å². The highest BCUT2D eigenvalue weighted by molar-refractivity contribution is 6.31. The molecule has 0 spiro atoms. The molecule has 4 rings (SSSR count). The summed E-state index contributed by atoms with van der Waals surface area (Å²) in [5.74, 6) is -0.766. The third-order valence-electron chi connectivity index (χ3n) is 4.64. The molecule has 1 N–H and O–H groups in total. The van der Waals surface area contributed by atoms with E-state index in [1.807, 2.05) is 12.1 Å². The first-order valence-electron chi connectivity index (χ1n) is 8.28. The smallest absolute Gasteiger partial charge is 0.408 e. The number of nitrogens with zero attached hydrogens (tertiary/aromatic N) is 1. The largest absolute Gasteiger partial charge is 0.420 e. The minimum Gasteiger partial charge on any atom is -0.408 e. The number of amides is 1. The van der Waals surface area contributed by atoms with Crippen LogP contribution in [0.3, 0.4) is 0 Å². The van der Waals surface area contributed by atoms with E-state index in [1.54, 1.807) is 18.2 Å². The number of aromatic nitrogens is 1. The maximum atomic E-state index is 12.5. The van der Waals surface area contributed by atoms with Gasteiger partial charge in [0.05, 0.1) is 11.6 Å². The van der Waals surface area contributed by atoms with Gasteiger partial charge in [0.1, 0.15) is 6.54 Å². The summed E-state index contributed by atoms with van der Waals surface area (Å²) in [6, 6.07) is 13.1. The molecular formula is C19H17ClN2O3. The number of carbonyl (C=O) groups excluding carboxylic acids is 1. The normalized spacial score (nSPS) is 16.6. The van der Waals surface area contributed by atoms with Gasteiger partial charge in [0, 0.05) is 11.1 Å². The summed E-state index contributed by atoms with van der Waals surface area (Å²) in [6.07, 6.45) is 2.98. The van der Waals surface area contributed by atoms with Gasteiger partial charge in [-0.1, -0.05) is 35.9 Å². The van der Waals surface area contributed by atoms with Gasteiger partial charge in [-0.25, -0.2) is 4.79 Å². The lowest BCUT2D eigenvalue weighted by molar-refractivity contribution is -0.122. The Morgan fingerprint density at radius 1 is 1.28 bits per heavy atom. The predicted octanol–water partition coefficient (Wildman–Crippen LogP) is 3.44. The highest BCUT2D eigenvalue weighted by Crippen LogP contribution is 2.29. The summed E-state index contributed by atoms with van der Waals surface area (Å²) >= 11 is 5.91. The first-order valence-corrected chi connectivity index (χ1v) is 8.65. The second-order valence-corrected chi connectivity index (χ2v) is 6.71. The van der Waals surface area contributed by atoms with Crippen molar-refractivity contribution >= 4 is 28.6 Å². The van der Waals surface area contributed by atoms with E-state index in [-0.39, 0.29) is 18.5 Å². The Balaban J connectivity index is 1.56. The molecule has 0 radical (unpaired) electrons. The summed E-state index contributed by atoms with van der Waals surface area (Å²) in [5.41, 5.74) is 3.39. The highest BCUT2D eigenvalue weighted by atomic mass is 35.5. The quantitative estimate of drug-likeness (QED) is 0.781. The molecule has 5 nitrogen and oxygen atoms in total. The molecule has 0 bridgehead atoms. The van der Waals surface area contributed by atoms with E-state index in [0.717, 1.165) is 19.3 Å². The van der Waals surface area contributed by atoms with E-state index in [0.29, 0.717) is 16.1 Å². The number of halogens is 1. The number of hydrogen-bond acceptors (Lipinski definition) is 3. The van der Waals surface area contributed by atoms with Crippen molar-refractivity contribution in [3.8, 4) is 0 Å². The molecule has 0 saturated heterocycles. The topological polar surface area (TPSA) is 64.2 Å². The van der Waals surface area contributed by atoms with Gasteiger partial charge in [0.15, 0.2) is 5.58 Å². The molecule has 3 aromatic rings. The lowest BCUT2D eigenvalue weighted by Crippen LogP contribution is -2.35. The van der Waals surface area contributed by atoms with Crippen LogP contribution in [0.15, 0.2) is 51.7 Å². The zero-order valence-electron chi connectivity index (χ0n) is 13.5. The van der Waals surface area contributed by atoms with Gasteiger partial charge in [-0.05, 0) is 42.5 Å². The van der Waals surface area contributed by atoms with Crippen molar-refractivity contribution in [2.24, 2.45) is 0 Å². The molecule has 0 aliphatic heterocycles. The van der Waals surface area contributed by atoms with Gasteiger partial charge in [-0.3, -0.25) is 9.36 Å². The van der Waals surface area contributed by atoms with Crippen molar-refractivity contribution < 1.29 is 9.21 Å². The van der Waals surface area contributed by atoms with Crippen LogP contribution in [-0.2, 0) is 17.8 Å². The van der Waals surface area contributed by atoms with Crippen molar-refractivity contribution in [2.45, 2.75) is 31.8 Å². The zero-order valence-corrected chi connectivity index (χ0v) is 14.3. The fourth-order valence-corrected chi connectivity index (χ4v) is 3.64. The molecular weight excluding hydrogens is 340 g/mol. The van der Waals surface area contributed by atoms with Crippen LogP contribution in [-0.4, -0.2) is 10.5 Å². The maximum absolute atomic E-state index is 12.5. The molecule has 1 aromatic heterocycles. The van der Waals surface area contributed by atoms with E-state index in [9.17, 15) is 9.59 Å². The van der Waals surface area contributed by atoms with Crippen molar-refractivity contribution in [3.05, 3.63) is 69.2 Å². The van der Waals surface area contributed by atoms with Crippen molar-refractivity contribution in [1.82, 2.24) is 9.88 Å². The number of oxazole rings is 1. The molecule has 0 unspecified atom stereocenters. The summed E-state index contributed by atoms with van der Waals surface area (Å²) in [5, 5.41) is 3.53. The Bertz CT molecular complexity index is 1010. The number of rotatable bonds is 3. The van der Waals surface area contributed by atoms with Crippen molar-refractivity contribution in [3.63, 3.8) is 0 Å². The van der Waals surface area contributed by atoms with Crippen molar-refractivity contribution in [2.75, 3.05) is 0 Å². The SMILES string of the molecule is O=C(Cn1c(=O)oc2cc(Cl)ccc21)N[C@@H]1CCCc2ccccc21. The minimum atomic E-state index is -0.559. The predicted molar refractivity (Wildman–Crippen MR) is 95.7 cm³/mol. The van der Waals surface area contributed by atoms with Crippen LogP contribution in [0, 0.1) is 0 Å². The average Bonchev–Trinajstić information content (AvgIpc) is 2.90. The van der Waals surface area contributed by atoms with Crippen LogP contribution < -0.4 is 11.1 Å². The lowest BCUT2D eigenvalue weighted by atomic mass is 9.88. The molecule has 25 heavy (non-hydrogen) atoms. The average molecular weight is 357 g/mol. The van der Waals surface area contributed by atoms with Gasteiger partial charge in [0.2, 0.25) is 5.91 Å². The molecule has 128 valence electrons. The third kappa shape index (κ3) is 3.07. The van der Waals surface area contributed by atoms with E-state index in [1.165, 1.54) is 15.7 Å².